The van der Waals surface area contributed by atoms with E-state index in [4.69, 9.17) is 0 Å². The summed E-state index contributed by atoms with van der Waals surface area (Å²) in [6, 6.07) is 19.8. The zero-order valence-corrected chi connectivity index (χ0v) is 13.0. The number of rotatable bonds is 5. The van der Waals surface area contributed by atoms with E-state index in [1.807, 2.05) is 60.7 Å². The van der Waals surface area contributed by atoms with Crippen LogP contribution in [-0.4, -0.2) is 30.4 Å². The highest BCUT2D eigenvalue weighted by Gasteiger charge is 2.08. The van der Waals surface area contributed by atoms with Gasteiger partial charge in [-0.25, -0.2) is 9.97 Å². The van der Waals surface area contributed by atoms with Gasteiger partial charge < -0.3 is 0 Å². The number of aryl methyl sites for hydroxylation is 2. The van der Waals surface area contributed by atoms with Gasteiger partial charge in [-0.1, -0.05) is 60.7 Å². The zero-order chi connectivity index (χ0) is 16.2. The Bertz CT molecular complexity index is 833. The minimum atomic E-state index is 0.716. The van der Waals surface area contributed by atoms with Crippen LogP contribution in [0.5, 0.6) is 0 Å². The molecule has 0 aliphatic heterocycles. The molecule has 0 radical (unpaired) electrons. The van der Waals surface area contributed by atoms with E-state index >= 15 is 0 Å². The fraction of sp³-hybridized carbons (Fsp3) is 0.111. The molecule has 4 rings (SSSR count). The van der Waals surface area contributed by atoms with Crippen LogP contribution in [0.4, 0.5) is 0 Å². The molecule has 0 saturated heterocycles. The number of aromatic amines is 2. The molecule has 0 saturated carbocycles. The predicted octanol–water partition coefficient (Wildman–Crippen LogP) is 3.04. The molecule has 4 aromatic rings. The van der Waals surface area contributed by atoms with Crippen molar-refractivity contribution in [2.24, 2.45) is 0 Å². The molecule has 24 heavy (non-hydrogen) atoms. The van der Waals surface area contributed by atoms with Crippen LogP contribution in [0.1, 0.15) is 11.6 Å². The van der Waals surface area contributed by atoms with Crippen molar-refractivity contribution >= 4 is 0 Å². The first-order chi connectivity index (χ1) is 11.9. The van der Waals surface area contributed by atoms with Crippen LogP contribution in [0, 0.1) is 0 Å². The molecule has 0 aliphatic carbocycles. The molecule has 2 heterocycles. The number of aromatic nitrogens is 6. The van der Waals surface area contributed by atoms with Crippen molar-refractivity contribution in [2.45, 2.75) is 12.8 Å². The Balaban J connectivity index is 1.43. The molecule has 2 aromatic carbocycles. The first kappa shape index (κ1) is 14.3. The second kappa shape index (κ2) is 6.45. The predicted molar refractivity (Wildman–Crippen MR) is 91.0 cm³/mol. The Kier molecular flexibility index (Phi) is 3.85. The molecule has 6 nitrogen and oxygen atoms in total. The van der Waals surface area contributed by atoms with E-state index in [0.29, 0.717) is 11.6 Å². The van der Waals surface area contributed by atoms with Crippen LogP contribution in [0.25, 0.3) is 22.8 Å². The highest BCUT2D eigenvalue weighted by Crippen LogP contribution is 2.15. The Morgan fingerprint density at radius 2 is 1.00 bits per heavy atom. The third-order valence-corrected chi connectivity index (χ3v) is 3.73. The number of hydrogen-bond donors (Lipinski definition) is 2. The van der Waals surface area contributed by atoms with Crippen LogP contribution >= 0.6 is 0 Å². The lowest BCUT2D eigenvalue weighted by Crippen LogP contribution is -1.95. The van der Waals surface area contributed by atoms with Crippen molar-refractivity contribution in [3.8, 4) is 22.8 Å². The number of nitrogens with one attached hydrogen (secondary N) is 2. The molecule has 0 amide bonds. The van der Waals surface area contributed by atoms with E-state index < -0.39 is 0 Å². The van der Waals surface area contributed by atoms with Crippen molar-refractivity contribution in [3.63, 3.8) is 0 Å². The molecule has 0 spiro atoms. The van der Waals surface area contributed by atoms with E-state index in [2.05, 4.69) is 30.4 Å². The second-order valence-electron chi connectivity index (χ2n) is 5.44. The summed E-state index contributed by atoms with van der Waals surface area (Å²) in [5.74, 6) is 3.11. The molecule has 118 valence electrons. The van der Waals surface area contributed by atoms with Crippen LogP contribution in [0.15, 0.2) is 60.7 Å². The van der Waals surface area contributed by atoms with Crippen LogP contribution in [0.2, 0.25) is 0 Å². The molecule has 0 bridgehead atoms. The van der Waals surface area contributed by atoms with E-state index in [0.717, 1.165) is 35.6 Å². The molecule has 0 fully saturated rings. The van der Waals surface area contributed by atoms with Gasteiger partial charge in [0.05, 0.1) is 0 Å². The highest BCUT2D eigenvalue weighted by atomic mass is 15.2. The van der Waals surface area contributed by atoms with Crippen molar-refractivity contribution in [1.29, 1.82) is 0 Å². The quantitative estimate of drug-likeness (QED) is 0.593. The van der Waals surface area contributed by atoms with Gasteiger partial charge in [0, 0.05) is 24.0 Å². The van der Waals surface area contributed by atoms with Gasteiger partial charge in [-0.3, -0.25) is 10.2 Å². The Morgan fingerprint density at radius 3 is 1.42 bits per heavy atom. The molecule has 0 unspecified atom stereocenters. The molecule has 0 atom stereocenters. The van der Waals surface area contributed by atoms with E-state index in [9.17, 15) is 0 Å². The maximum absolute atomic E-state index is 4.53. The van der Waals surface area contributed by atoms with Gasteiger partial charge in [-0.15, -0.1) is 0 Å². The lowest BCUT2D eigenvalue weighted by atomic mass is 10.2. The normalized spacial score (nSPS) is 10.8. The summed E-state index contributed by atoms with van der Waals surface area (Å²) in [6.07, 6.45) is 1.45. The smallest absolute Gasteiger partial charge is 0.181 e. The number of benzene rings is 2. The van der Waals surface area contributed by atoms with Crippen molar-refractivity contribution in [3.05, 3.63) is 72.3 Å². The first-order valence-electron chi connectivity index (χ1n) is 7.82. The van der Waals surface area contributed by atoms with E-state index in [1.54, 1.807) is 0 Å². The molecular weight excluding hydrogens is 300 g/mol. The van der Waals surface area contributed by atoms with Crippen molar-refractivity contribution < 1.29 is 0 Å². The van der Waals surface area contributed by atoms with Gasteiger partial charge in [0.1, 0.15) is 11.6 Å². The van der Waals surface area contributed by atoms with Crippen molar-refractivity contribution in [2.75, 3.05) is 0 Å². The monoisotopic (exact) mass is 316 g/mol. The number of nitrogens with zero attached hydrogens (tertiary/aromatic N) is 4. The van der Waals surface area contributed by atoms with Gasteiger partial charge in [0.15, 0.2) is 11.6 Å². The molecular formula is C18H16N6. The minimum absolute atomic E-state index is 0.716. The summed E-state index contributed by atoms with van der Waals surface area (Å²) in [7, 11) is 0. The average molecular weight is 316 g/mol. The van der Waals surface area contributed by atoms with Gasteiger partial charge >= 0.3 is 0 Å². The molecule has 6 heteroatoms. The maximum Gasteiger partial charge on any atom is 0.181 e. The summed E-state index contributed by atoms with van der Waals surface area (Å²) in [6.45, 7) is 0. The Morgan fingerprint density at radius 1 is 0.583 bits per heavy atom. The lowest BCUT2D eigenvalue weighted by molar-refractivity contribution is 0.814. The highest BCUT2D eigenvalue weighted by molar-refractivity contribution is 5.54. The fourth-order valence-corrected chi connectivity index (χ4v) is 2.48. The SMILES string of the molecule is c1ccc(-c2n[nH]c(CCc3nc(-c4ccccc4)n[nH]3)n2)cc1. The van der Waals surface area contributed by atoms with E-state index in [1.165, 1.54) is 0 Å². The van der Waals surface area contributed by atoms with Crippen LogP contribution in [0.3, 0.4) is 0 Å². The number of hydrogen-bond acceptors (Lipinski definition) is 4. The third kappa shape index (κ3) is 3.08. The zero-order valence-electron chi connectivity index (χ0n) is 13.0. The fourth-order valence-electron chi connectivity index (χ4n) is 2.48. The minimum Gasteiger partial charge on any atom is -0.263 e. The molecule has 2 aromatic heterocycles. The maximum atomic E-state index is 4.53. The summed E-state index contributed by atoms with van der Waals surface area (Å²) in [5, 5.41) is 14.5. The first-order valence-corrected chi connectivity index (χ1v) is 7.82. The standard InChI is InChI=1S/C18H16N6/c1-3-7-13(8-4-1)17-19-15(21-23-17)11-12-16-20-18(24-22-16)14-9-5-2-6-10-14/h1-10H,11-12H2,(H,19,21,23)(H,20,22,24). The lowest BCUT2D eigenvalue weighted by Gasteiger charge is -1.94. The Hall–Kier alpha value is -3.28. The van der Waals surface area contributed by atoms with Gasteiger partial charge in [0.2, 0.25) is 0 Å². The average Bonchev–Trinajstić information content (AvgIpc) is 3.31. The van der Waals surface area contributed by atoms with Crippen LogP contribution < -0.4 is 0 Å². The second-order valence-corrected chi connectivity index (χ2v) is 5.44. The topological polar surface area (TPSA) is 83.1 Å². The van der Waals surface area contributed by atoms with Gasteiger partial charge in [0.25, 0.3) is 0 Å². The largest absolute Gasteiger partial charge is 0.263 e. The summed E-state index contributed by atoms with van der Waals surface area (Å²) >= 11 is 0. The summed E-state index contributed by atoms with van der Waals surface area (Å²) < 4.78 is 0. The van der Waals surface area contributed by atoms with Gasteiger partial charge in [-0.05, 0) is 0 Å². The summed E-state index contributed by atoms with van der Waals surface area (Å²) in [5.41, 5.74) is 2.01. The number of H-pyrrole nitrogens is 2. The summed E-state index contributed by atoms with van der Waals surface area (Å²) in [4.78, 5) is 9.06. The van der Waals surface area contributed by atoms with E-state index in [-0.39, 0.29) is 0 Å². The van der Waals surface area contributed by atoms with Crippen molar-refractivity contribution in [1.82, 2.24) is 30.4 Å². The third-order valence-electron chi connectivity index (χ3n) is 3.73. The van der Waals surface area contributed by atoms with Gasteiger partial charge in [-0.2, -0.15) is 10.2 Å². The Labute approximate surface area is 139 Å². The molecule has 0 aliphatic rings. The molecule has 2 N–H and O–H groups in total. The van der Waals surface area contributed by atoms with Crippen LogP contribution in [-0.2, 0) is 12.8 Å².